The highest BCUT2D eigenvalue weighted by atomic mass is 79.9. The molecule has 4 heteroatoms. The van der Waals surface area contributed by atoms with Crippen LogP contribution in [0.25, 0.3) is 0 Å². The van der Waals surface area contributed by atoms with Crippen LogP contribution in [0.1, 0.15) is 25.0 Å². The molecule has 0 saturated carbocycles. The van der Waals surface area contributed by atoms with Crippen LogP contribution in [0.4, 0.5) is 0 Å². The van der Waals surface area contributed by atoms with Crippen LogP contribution in [0.2, 0.25) is 0 Å². The van der Waals surface area contributed by atoms with Crippen LogP contribution in [0, 0.1) is 5.92 Å². The van der Waals surface area contributed by atoms with Gasteiger partial charge < -0.3 is 10.8 Å². The van der Waals surface area contributed by atoms with Gasteiger partial charge in [-0.2, -0.15) is 0 Å². The lowest BCUT2D eigenvalue weighted by atomic mass is 9.94. The summed E-state index contributed by atoms with van der Waals surface area (Å²) in [7, 11) is 0. The van der Waals surface area contributed by atoms with Gasteiger partial charge in [0, 0.05) is 14.9 Å². The summed E-state index contributed by atoms with van der Waals surface area (Å²) in [5.41, 5.74) is 6.51. The molecule has 15 heavy (non-hydrogen) atoms. The number of hydrogen-bond donors (Lipinski definition) is 2. The third-order valence-electron chi connectivity index (χ3n) is 2.50. The molecule has 0 aliphatic carbocycles. The fraction of sp³-hybridized carbons (Fsp3) is 0.455. The molecular formula is C11H15Br2NO. The fourth-order valence-electron chi connectivity index (χ4n) is 1.54. The van der Waals surface area contributed by atoms with Crippen LogP contribution < -0.4 is 5.73 Å². The van der Waals surface area contributed by atoms with Gasteiger partial charge in [0.2, 0.25) is 0 Å². The predicted octanol–water partition coefficient (Wildman–Crippen LogP) is 3.23. The Morgan fingerprint density at radius 1 is 1.27 bits per heavy atom. The van der Waals surface area contributed by atoms with Crippen molar-refractivity contribution >= 4 is 31.9 Å². The Kier molecular flexibility index (Phi) is 5.26. The zero-order chi connectivity index (χ0) is 11.4. The topological polar surface area (TPSA) is 46.2 Å². The van der Waals surface area contributed by atoms with E-state index in [1.54, 1.807) is 0 Å². The van der Waals surface area contributed by atoms with Gasteiger partial charge in [-0.25, -0.2) is 0 Å². The van der Waals surface area contributed by atoms with Gasteiger partial charge in [-0.15, -0.1) is 0 Å². The molecule has 0 aliphatic heterocycles. The number of hydrogen-bond acceptors (Lipinski definition) is 2. The monoisotopic (exact) mass is 335 g/mol. The maximum Gasteiger partial charge on any atom is 0.0830 e. The van der Waals surface area contributed by atoms with Crippen molar-refractivity contribution in [2.45, 2.75) is 19.4 Å². The molecule has 1 rings (SSSR count). The fourth-order valence-corrected chi connectivity index (χ4v) is 2.87. The quantitative estimate of drug-likeness (QED) is 0.886. The van der Waals surface area contributed by atoms with Crippen molar-refractivity contribution in [3.63, 3.8) is 0 Å². The summed E-state index contributed by atoms with van der Waals surface area (Å²) in [6.07, 6.45) is 0.385. The molecule has 1 aromatic carbocycles. The SMILES string of the molecule is CCC(CN)C(O)c1cc(Br)cc(Br)c1. The van der Waals surface area contributed by atoms with Crippen molar-refractivity contribution in [2.24, 2.45) is 11.7 Å². The molecule has 0 heterocycles. The Morgan fingerprint density at radius 3 is 2.20 bits per heavy atom. The number of aliphatic hydroxyl groups excluding tert-OH is 1. The van der Waals surface area contributed by atoms with E-state index in [1.807, 2.05) is 25.1 Å². The summed E-state index contributed by atoms with van der Waals surface area (Å²) in [6.45, 7) is 2.54. The summed E-state index contributed by atoms with van der Waals surface area (Å²) in [5, 5.41) is 10.1. The van der Waals surface area contributed by atoms with Gasteiger partial charge >= 0.3 is 0 Å². The number of halogens is 2. The zero-order valence-electron chi connectivity index (χ0n) is 8.58. The Bertz CT molecular complexity index is 306. The average molecular weight is 337 g/mol. The van der Waals surface area contributed by atoms with Gasteiger partial charge in [0.05, 0.1) is 6.10 Å². The zero-order valence-corrected chi connectivity index (χ0v) is 11.8. The highest BCUT2D eigenvalue weighted by Crippen LogP contribution is 2.29. The van der Waals surface area contributed by atoms with Crippen LogP contribution in [-0.4, -0.2) is 11.7 Å². The molecule has 3 N–H and O–H groups in total. The highest BCUT2D eigenvalue weighted by molar-refractivity contribution is 9.11. The number of benzene rings is 1. The summed E-state index contributed by atoms with van der Waals surface area (Å²) >= 11 is 6.80. The van der Waals surface area contributed by atoms with Crippen LogP contribution in [-0.2, 0) is 0 Å². The van der Waals surface area contributed by atoms with Crippen molar-refractivity contribution in [3.8, 4) is 0 Å². The lowest BCUT2D eigenvalue weighted by Gasteiger charge is -2.20. The molecule has 0 aliphatic rings. The van der Waals surface area contributed by atoms with E-state index in [9.17, 15) is 5.11 Å². The lowest BCUT2D eigenvalue weighted by Crippen LogP contribution is -2.21. The Morgan fingerprint density at radius 2 is 1.80 bits per heavy atom. The number of rotatable bonds is 4. The van der Waals surface area contributed by atoms with Crippen molar-refractivity contribution in [1.29, 1.82) is 0 Å². The molecule has 2 nitrogen and oxygen atoms in total. The highest BCUT2D eigenvalue weighted by Gasteiger charge is 2.18. The summed E-state index contributed by atoms with van der Waals surface area (Å²) < 4.78 is 1.91. The second-order valence-electron chi connectivity index (χ2n) is 3.55. The van der Waals surface area contributed by atoms with E-state index in [1.165, 1.54) is 0 Å². The molecule has 0 saturated heterocycles. The first-order valence-corrected chi connectivity index (χ1v) is 6.51. The van der Waals surface area contributed by atoms with Crippen molar-refractivity contribution in [3.05, 3.63) is 32.7 Å². The minimum Gasteiger partial charge on any atom is -0.388 e. The van der Waals surface area contributed by atoms with Crippen molar-refractivity contribution < 1.29 is 5.11 Å². The smallest absolute Gasteiger partial charge is 0.0830 e. The maximum atomic E-state index is 10.1. The molecule has 2 unspecified atom stereocenters. The van der Waals surface area contributed by atoms with Gasteiger partial charge in [0.15, 0.2) is 0 Å². The normalized spacial score (nSPS) is 15.0. The predicted molar refractivity (Wildman–Crippen MR) is 69.6 cm³/mol. The second kappa shape index (κ2) is 5.99. The van der Waals surface area contributed by atoms with Gasteiger partial charge in [-0.3, -0.25) is 0 Å². The Labute approximate surface area is 107 Å². The lowest BCUT2D eigenvalue weighted by molar-refractivity contribution is 0.110. The van der Waals surface area contributed by atoms with Gasteiger partial charge in [-0.05, 0) is 36.7 Å². The molecule has 84 valence electrons. The molecule has 0 bridgehead atoms. The summed E-state index contributed by atoms with van der Waals surface area (Å²) in [6, 6.07) is 5.79. The van der Waals surface area contributed by atoms with Crippen molar-refractivity contribution in [2.75, 3.05) is 6.54 Å². The Hall–Kier alpha value is 0.1000. The first-order chi connectivity index (χ1) is 7.08. The molecule has 1 aromatic rings. The summed E-state index contributed by atoms with van der Waals surface area (Å²) in [4.78, 5) is 0. The molecular weight excluding hydrogens is 322 g/mol. The third kappa shape index (κ3) is 3.55. The van der Waals surface area contributed by atoms with Crippen LogP contribution in [0.3, 0.4) is 0 Å². The van der Waals surface area contributed by atoms with Crippen LogP contribution in [0.5, 0.6) is 0 Å². The van der Waals surface area contributed by atoms with E-state index >= 15 is 0 Å². The van der Waals surface area contributed by atoms with Crippen LogP contribution >= 0.6 is 31.9 Å². The first-order valence-electron chi connectivity index (χ1n) is 4.92. The van der Waals surface area contributed by atoms with Gasteiger partial charge in [0.1, 0.15) is 0 Å². The van der Waals surface area contributed by atoms with Crippen LogP contribution in [0.15, 0.2) is 27.1 Å². The first kappa shape index (κ1) is 13.2. The van der Waals surface area contributed by atoms with E-state index in [-0.39, 0.29) is 5.92 Å². The molecule has 0 fully saturated rings. The molecule has 0 radical (unpaired) electrons. The minimum absolute atomic E-state index is 0.117. The van der Waals surface area contributed by atoms with E-state index in [0.717, 1.165) is 20.9 Å². The van der Waals surface area contributed by atoms with E-state index < -0.39 is 6.10 Å². The largest absolute Gasteiger partial charge is 0.388 e. The minimum atomic E-state index is -0.492. The van der Waals surface area contributed by atoms with E-state index in [2.05, 4.69) is 31.9 Å². The van der Waals surface area contributed by atoms with Gasteiger partial charge in [0.25, 0.3) is 0 Å². The van der Waals surface area contributed by atoms with E-state index in [4.69, 9.17) is 5.73 Å². The molecule has 2 atom stereocenters. The molecule has 0 aromatic heterocycles. The second-order valence-corrected chi connectivity index (χ2v) is 5.38. The van der Waals surface area contributed by atoms with Gasteiger partial charge in [-0.1, -0.05) is 38.8 Å². The van der Waals surface area contributed by atoms with E-state index in [0.29, 0.717) is 6.54 Å². The summed E-state index contributed by atoms with van der Waals surface area (Å²) in [5.74, 6) is 0.117. The molecule has 0 spiro atoms. The number of nitrogens with two attached hydrogens (primary N) is 1. The molecule has 0 amide bonds. The standard InChI is InChI=1S/C11H15Br2NO/c1-2-7(6-14)11(15)8-3-9(12)5-10(13)4-8/h3-5,7,11,15H,2,6,14H2,1H3. The maximum absolute atomic E-state index is 10.1. The van der Waals surface area contributed by atoms with Crippen molar-refractivity contribution in [1.82, 2.24) is 0 Å². The third-order valence-corrected chi connectivity index (χ3v) is 3.42. The Balaban J connectivity index is 2.94. The number of aliphatic hydroxyl groups is 1. The average Bonchev–Trinajstić information content (AvgIpc) is 2.18.